The molecule has 0 spiro atoms. The second-order valence-electron chi connectivity index (χ2n) is 6.11. The van der Waals surface area contributed by atoms with Crippen LogP contribution in [0.2, 0.25) is 0 Å². The number of ether oxygens (including phenoxy) is 3. The largest absolute Gasteiger partial charge is 0.494 e. The Hall–Kier alpha value is -3.39. The molecule has 29 heavy (non-hydrogen) atoms. The van der Waals surface area contributed by atoms with Crippen LogP contribution in [0.4, 0.5) is 9.52 Å². The number of methoxy groups -OCH3 is 1. The van der Waals surface area contributed by atoms with Crippen LogP contribution in [-0.2, 0) is 4.79 Å². The van der Waals surface area contributed by atoms with Crippen molar-refractivity contribution in [2.24, 2.45) is 0 Å². The molecule has 8 heteroatoms. The highest BCUT2D eigenvalue weighted by Gasteiger charge is 2.12. The Morgan fingerprint density at radius 2 is 2.03 bits per heavy atom. The van der Waals surface area contributed by atoms with Crippen molar-refractivity contribution < 1.29 is 23.4 Å². The first-order chi connectivity index (χ1) is 14.1. The molecule has 0 fully saturated rings. The molecule has 0 atom stereocenters. The van der Waals surface area contributed by atoms with Crippen LogP contribution in [0.1, 0.15) is 5.56 Å². The molecule has 0 aliphatic carbocycles. The number of carbonyl (C=O) groups excluding carboxylic acids is 1. The zero-order valence-corrected chi connectivity index (χ0v) is 16.3. The number of hydrogen-bond donors (Lipinski definition) is 1. The second-order valence-corrected chi connectivity index (χ2v) is 6.97. The summed E-state index contributed by atoms with van der Waals surface area (Å²) in [5, 5.41) is 4.88. The summed E-state index contributed by atoms with van der Waals surface area (Å²) in [4.78, 5) is 16.5. The minimum Gasteiger partial charge on any atom is -0.494 e. The summed E-state index contributed by atoms with van der Waals surface area (Å²) in [7, 11) is 1.41. The lowest BCUT2D eigenvalue weighted by Crippen LogP contribution is -2.15. The van der Waals surface area contributed by atoms with Crippen molar-refractivity contribution >= 4 is 28.5 Å². The Morgan fingerprint density at radius 1 is 1.21 bits per heavy atom. The SMILES string of the molecule is COc1ccc(-c2csc(NC(=O)/C=C/c3ccc4c(c3)OCCO4)n2)cc1F. The molecule has 148 valence electrons. The van der Waals surface area contributed by atoms with Crippen LogP contribution in [0.15, 0.2) is 47.9 Å². The minimum atomic E-state index is -0.467. The van der Waals surface area contributed by atoms with Crippen LogP contribution in [-0.4, -0.2) is 31.2 Å². The zero-order chi connectivity index (χ0) is 20.2. The van der Waals surface area contributed by atoms with Crippen molar-refractivity contribution in [3.8, 4) is 28.5 Å². The summed E-state index contributed by atoms with van der Waals surface area (Å²) in [6.45, 7) is 1.04. The Kier molecular flexibility index (Phi) is 5.44. The number of aromatic nitrogens is 1. The van der Waals surface area contributed by atoms with E-state index >= 15 is 0 Å². The lowest BCUT2D eigenvalue weighted by atomic mass is 10.1. The number of anilines is 1. The number of carbonyl (C=O) groups is 1. The summed E-state index contributed by atoms with van der Waals surface area (Å²) in [5.41, 5.74) is 1.99. The number of thiazole rings is 1. The van der Waals surface area contributed by atoms with Gasteiger partial charge < -0.3 is 14.2 Å². The van der Waals surface area contributed by atoms with E-state index < -0.39 is 5.82 Å². The third-order valence-corrected chi connectivity index (χ3v) is 4.93. The van der Waals surface area contributed by atoms with Gasteiger partial charge in [-0.2, -0.15) is 0 Å². The van der Waals surface area contributed by atoms with Crippen LogP contribution in [0.25, 0.3) is 17.3 Å². The van der Waals surface area contributed by atoms with E-state index in [2.05, 4.69) is 10.3 Å². The van der Waals surface area contributed by atoms with E-state index in [0.29, 0.717) is 41.1 Å². The van der Waals surface area contributed by atoms with E-state index in [1.807, 2.05) is 18.2 Å². The van der Waals surface area contributed by atoms with Crippen LogP contribution in [0.5, 0.6) is 17.2 Å². The molecule has 0 saturated carbocycles. The van der Waals surface area contributed by atoms with E-state index in [-0.39, 0.29) is 11.7 Å². The number of amides is 1. The van der Waals surface area contributed by atoms with Gasteiger partial charge in [0, 0.05) is 17.0 Å². The van der Waals surface area contributed by atoms with Crippen LogP contribution < -0.4 is 19.5 Å². The van der Waals surface area contributed by atoms with Gasteiger partial charge in [-0.15, -0.1) is 11.3 Å². The van der Waals surface area contributed by atoms with Crippen molar-refractivity contribution in [1.29, 1.82) is 0 Å². The van der Waals surface area contributed by atoms with Gasteiger partial charge >= 0.3 is 0 Å². The minimum absolute atomic E-state index is 0.168. The molecule has 0 radical (unpaired) electrons. The lowest BCUT2D eigenvalue weighted by molar-refractivity contribution is -0.111. The van der Waals surface area contributed by atoms with Gasteiger partial charge in [0.15, 0.2) is 28.2 Å². The van der Waals surface area contributed by atoms with Crippen LogP contribution in [0.3, 0.4) is 0 Å². The van der Waals surface area contributed by atoms with Gasteiger partial charge in [0.1, 0.15) is 13.2 Å². The quantitative estimate of drug-likeness (QED) is 0.630. The number of nitrogens with zero attached hydrogens (tertiary/aromatic N) is 1. The standard InChI is InChI=1S/C21H17FN2O4S/c1-26-17-6-4-14(11-15(17)22)16-12-29-21(23-16)24-20(25)7-3-13-2-5-18-19(10-13)28-9-8-27-18/h2-7,10-12H,8-9H2,1H3,(H,23,24,25)/b7-3+. The molecule has 2 aromatic carbocycles. The molecule has 0 unspecified atom stereocenters. The third-order valence-electron chi connectivity index (χ3n) is 4.18. The zero-order valence-electron chi connectivity index (χ0n) is 15.5. The maximum Gasteiger partial charge on any atom is 0.250 e. The number of nitrogens with one attached hydrogen (secondary N) is 1. The molecular formula is C21H17FN2O4S. The maximum atomic E-state index is 13.9. The number of benzene rings is 2. The second kappa shape index (κ2) is 8.32. The van der Waals surface area contributed by atoms with E-state index in [0.717, 1.165) is 5.56 Å². The molecule has 0 bridgehead atoms. The van der Waals surface area contributed by atoms with E-state index in [9.17, 15) is 9.18 Å². The Balaban J connectivity index is 1.41. The van der Waals surface area contributed by atoms with Gasteiger partial charge in [0.25, 0.3) is 0 Å². The number of halogens is 1. The Morgan fingerprint density at radius 3 is 2.83 bits per heavy atom. The molecule has 1 aliphatic rings. The summed E-state index contributed by atoms with van der Waals surface area (Å²) in [6, 6.07) is 10.1. The normalized spacial score (nSPS) is 12.8. The van der Waals surface area contributed by atoms with Crippen LogP contribution >= 0.6 is 11.3 Å². The lowest BCUT2D eigenvalue weighted by Gasteiger charge is -2.18. The summed E-state index contributed by atoms with van der Waals surface area (Å²) < 4.78 is 29.8. The van der Waals surface area contributed by atoms with Gasteiger partial charge in [-0.25, -0.2) is 9.37 Å². The highest BCUT2D eigenvalue weighted by atomic mass is 32.1. The average Bonchev–Trinajstić information content (AvgIpc) is 3.20. The van der Waals surface area contributed by atoms with Gasteiger partial charge in [0.2, 0.25) is 5.91 Å². The molecule has 0 saturated heterocycles. The van der Waals surface area contributed by atoms with E-state index in [1.165, 1.54) is 30.6 Å². The topological polar surface area (TPSA) is 69.7 Å². The fourth-order valence-corrected chi connectivity index (χ4v) is 3.49. The molecule has 1 aromatic heterocycles. The number of hydrogen-bond acceptors (Lipinski definition) is 6. The van der Waals surface area contributed by atoms with Crippen molar-refractivity contribution in [3.05, 3.63) is 59.2 Å². The summed E-state index contributed by atoms with van der Waals surface area (Å²) >= 11 is 1.26. The van der Waals surface area contributed by atoms with E-state index in [4.69, 9.17) is 14.2 Å². The highest BCUT2D eigenvalue weighted by molar-refractivity contribution is 7.14. The predicted molar refractivity (Wildman–Crippen MR) is 109 cm³/mol. The fourth-order valence-electron chi connectivity index (χ4n) is 2.77. The van der Waals surface area contributed by atoms with Gasteiger partial charge in [-0.3, -0.25) is 10.1 Å². The molecule has 6 nitrogen and oxygen atoms in total. The maximum absolute atomic E-state index is 13.9. The smallest absolute Gasteiger partial charge is 0.250 e. The van der Waals surface area contributed by atoms with E-state index in [1.54, 1.807) is 23.6 Å². The highest BCUT2D eigenvalue weighted by Crippen LogP contribution is 2.31. The molecule has 3 aromatic rings. The summed E-state index contributed by atoms with van der Waals surface area (Å²) in [6.07, 6.45) is 3.10. The Labute approximate surface area is 170 Å². The van der Waals surface area contributed by atoms with Crippen molar-refractivity contribution in [3.63, 3.8) is 0 Å². The third kappa shape index (κ3) is 4.38. The first-order valence-corrected chi connectivity index (χ1v) is 9.68. The Bertz CT molecular complexity index is 1080. The first-order valence-electron chi connectivity index (χ1n) is 8.80. The average molecular weight is 412 g/mol. The summed E-state index contributed by atoms with van der Waals surface area (Å²) in [5.74, 6) is 0.743. The molecule has 4 rings (SSSR count). The molecule has 1 N–H and O–H groups in total. The molecule has 1 aliphatic heterocycles. The molecule has 1 amide bonds. The monoisotopic (exact) mass is 412 g/mol. The first kappa shape index (κ1) is 18.9. The van der Waals surface area contributed by atoms with Crippen molar-refractivity contribution in [2.75, 3.05) is 25.6 Å². The molecular weight excluding hydrogens is 395 g/mol. The van der Waals surface area contributed by atoms with Crippen molar-refractivity contribution in [2.45, 2.75) is 0 Å². The predicted octanol–water partition coefficient (Wildman–Crippen LogP) is 4.38. The van der Waals surface area contributed by atoms with Gasteiger partial charge in [0.05, 0.1) is 12.8 Å². The fraction of sp³-hybridized carbons (Fsp3) is 0.143. The van der Waals surface area contributed by atoms with Crippen molar-refractivity contribution in [1.82, 2.24) is 4.98 Å². The van der Waals surface area contributed by atoms with Crippen LogP contribution in [0, 0.1) is 5.82 Å². The molecule has 2 heterocycles. The van der Waals surface area contributed by atoms with Gasteiger partial charge in [-0.1, -0.05) is 6.07 Å². The van der Waals surface area contributed by atoms with Gasteiger partial charge in [-0.05, 0) is 42.0 Å². The number of fused-ring (bicyclic) bond motifs is 1. The number of rotatable bonds is 5.